The number of rotatable bonds is 3. The average Bonchev–Trinajstić information content (AvgIpc) is 2.30. The van der Waals surface area contributed by atoms with Crippen LogP contribution in [-0.2, 0) is 9.53 Å². The Morgan fingerprint density at radius 3 is 2.56 bits per heavy atom. The largest absolute Gasteiger partial charge is 0.467 e. The van der Waals surface area contributed by atoms with Gasteiger partial charge in [-0.2, -0.15) is 0 Å². The van der Waals surface area contributed by atoms with Gasteiger partial charge in [-0.3, -0.25) is 0 Å². The van der Waals surface area contributed by atoms with Crippen LogP contribution in [0.15, 0.2) is 17.0 Å². The molecule has 1 rings (SSSR count). The summed E-state index contributed by atoms with van der Waals surface area (Å²) >= 11 is 1.58. The molecule has 0 bridgehead atoms. The summed E-state index contributed by atoms with van der Waals surface area (Å²) in [7, 11) is 1.27. The quantitative estimate of drug-likeness (QED) is 0.650. The number of thioether (sulfide) groups is 1. The second-order valence-corrected chi connectivity index (χ2v) is 4.46. The Hall–Kier alpha value is -1.00. The zero-order chi connectivity index (χ0) is 12.3. The highest BCUT2D eigenvalue weighted by Gasteiger charge is 2.21. The van der Waals surface area contributed by atoms with E-state index >= 15 is 0 Å². The Morgan fingerprint density at radius 2 is 2.06 bits per heavy atom. The predicted molar refractivity (Wildman–Crippen MR) is 64.7 cm³/mol. The van der Waals surface area contributed by atoms with Crippen LogP contribution < -0.4 is 0 Å². The van der Waals surface area contributed by atoms with Crippen molar-refractivity contribution < 1.29 is 14.6 Å². The lowest BCUT2D eigenvalue weighted by molar-refractivity contribution is -0.150. The molecule has 1 N–H and O–H groups in total. The number of carbonyl (C=O) groups excluding carboxylic acids is 1. The molecule has 0 aliphatic rings. The van der Waals surface area contributed by atoms with Gasteiger partial charge >= 0.3 is 5.97 Å². The van der Waals surface area contributed by atoms with Crippen LogP contribution in [0.25, 0.3) is 0 Å². The number of ether oxygens (including phenoxy) is 1. The standard InChI is InChI=1S/C12H16O3S/c1-7-5-9(16-4)6-10(8(7)2)11(13)12(14)15-3/h5-6,11,13H,1-4H3. The van der Waals surface area contributed by atoms with Gasteiger partial charge in [-0.1, -0.05) is 0 Å². The van der Waals surface area contributed by atoms with Gasteiger partial charge in [-0.15, -0.1) is 11.8 Å². The number of aliphatic hydroxyl groups is 1. The fourth-order valence-corrected chi connectivity index (χ4v) is 2.03. The van der Waals surface area contributed by atoms with E-state index in [0.717, 1.165) is 16.0 Å². The van der Waals surface area contributed by atoms with Crippen LogP contribution in [0, 0.1) is 13.8 Å². The van der Waals surface area contributed by atoms with E-state index in [0.29, 0.717) is 5.56 Å². The number of aliphatic hydroxyl groups excluding tert-OH is 1. The van der Waals surface area contributed by atoms with Crippen LogP contribution in [-0.4, -0.2) is 24.4 Å². The molecule has 0 spiro atoms. The molecule has 1 aromatic rings. The molecule has 4 heteroatoms. The maximum absolute atomic E-state index is 11.3. The third kappa shape index (κ3) is 2.57. The number of hydrogen-bond acceptors (Lipinski definition) is 4. The molecule has 1 aromatic carbocycles. The maximum atomic E-state index is 11.3. The smallest absolute Gasteiger partial charge is 0.339 e. The predicted octanol–water partition coefficient (Wildman–Crippen LogP) is 2.23. The Morgan fingerprint density at radius 1 is 1.44 bits per heavy atom. The molecule has 0 aliphatic carbocycles. The zero-order valence-electron chi connectivity index (χ0n) is 9.90. The van der Waals surface area contributed by atoms with Gasteiger partial charge in [-0.05, 0) is 48.9 Å². The minimum absolute atomic E-state index is 0.621. The normalized spacial score (nSPS) is 12.3. The molecule has 0 saturated heterocycles. The monoisotopic (exact) mass is 240 g/mol. The number of aryl methyl sites for hydroxylation is 1. The van der Waals surface area contributed by atoms with Gasteiger partial charge in [0.05, 0.1) is 7.11 Å². The minimum Gasteiger partial charge on any atom is -0.467 e. The van der Waals surface area contributed by atoms with Crippen LogP contribution in [0.4, 0.5) is 0 Å². The van der Waals surface area contributed by atoms with Crippen molar-refractivity contribution in [3.8, 4) is 0 Å². The third-order valence-corrected chi connectivity index (χ3v) is 3.34. The lowest BCUT2D eigenvalue weighted by Crippen LogP contribution is -2.15. The summed E-state index contributed by atoms with van der Waals surface area (Å²) in [6.45, 7) is 3.85. The molecule has 0 fully saturated rings. The van der Waals surface area contributed by atoms with Gasteiger partial charge in [0.1, 0.15) is 0 Å². The van der Waals surface area contributed by atoms with Gasteiger partial charge in [0.15, 0.2) is 6.10 Å². The second kappa shape index (κ2) is 5.37. The summed E-state index contributed by atoms with van der Waals surface area (Å²) in [5, 5.41) is 9.83. The summed E-state index contributed by atoms with van der Waals surface area (Å²) in [6.07, 6.45) is 0.758. The van der Waals surface area contributed by atoms with Gasteiger partial charge in [-0.25, -0.2) is 4.79 Å². The fourth-order valence-electron chi connectivity index (χ4n) is 1.49. The lowest BCUT2D eigenvalue weighted by atomic mass is 9.99. The number of benzene rings is 1. The van der Waals surface area contributed by atoms with Gasteiger partial charge in [0, 0.05) is 4.90 Å². The molecular weight excluding hydrogens is 224 g/mol. The van der Waals surface area contributed by atoms with E-state index in [2.05, 4.69) is 4.74 Å². The lowest BCUT2D eigenvalue weighted by Gasteiger charge is -2.15. The van der Waals surface area contributed by atoms with Crippen LogP contribution >= 0.6 is 11.8 Å². The Kier molecular flexibility index (Phi) is 4.38. The van der Waals surface area contributed by atoms with Crippen molar-refractivity contribution in [1.82, 2.24) is 0 Å². The first-order valence-electron chi connectivity index (χ1n) is 4.92. The van der Waals surface area contributed by atoms with E-state index in [1.54, 1.807) is 11.8 Å². The topological polar surface area (TPSA) is 46.5 Å². The van der Waals surface area contributed by atoms with Crippen molar-refractivity contribution in [1.29, 1.82) is 0 Å². The maximum Gasteiger partial charge on any atom is 0.339 e. The van der Waals surface area contributed by atoms with Crippen molar-refractivity contribution in [3.05, 3.63) is 28.8 Å². The molecule has 1 atom stereocenters. The van der Waals surface area contributed by atoms with Gasteiger partial charge < -0.3 is 9.84 Å². The van der Waals surface area contributed by atoms with E-state index < -0.39 is 12.1 Å². The molecule has 0 saturated carbocycles. The summed E-state index contributed by atoms with van der Waals surface area (Å²) in [4.78, 5) is 12.3. The summed E-state index contributed by atoms with van der Waals surface area (Å²) < 4.78 is 4.54. The van der Waals surface area contributed by atoms with Gasteiger partial charge in [0.25, 0.3) is 0 Å². The van der Waals surface area contributed by atoms with Gasteiger partial charge in [0.2, 0.25) is 0 Å². The molecule has 0 amide bonds. The molecule has 1 unspecified atom stereocenters. The van der Waals surface area contributed by atoms with E-state index in [4.69, 9.17) is 0 Å². The van der Waals surface area contributed by atoms with Crippen LogP contribution in [0.2, 0.25) is 0 Å². The number of carbonyl (C=O) groups is 1. The van der Waals surface area contributed by atoms with E-state index in [1.807, 2.05) is 32.2 Å². The molecule has 0 radical (unpaired) electrons. The first-order valence-corrected chi connectivity index (χ1v) is 6.14. The van der Waals surface area contributed by atoms with E-state index in [1.165, 1.54) is 7.11 Å². The number of esters is 1. The van der Waals surface area contributed by atoms with E-state index in [-0.39, 0.29) is 0 Å². The van der Waals surface area contributed by atoms with Crippen molar-refractivity contribution in [2.75, 3.05) is 13.4 Å². The molecule has 3 nitrogen and oxygen atoms in total. The number of hydrogen-bond donors (Lipinski definition) is 1. The van der Waals surface area contributed by atoms with Crippen molar-refractivity contribution in [2.45, 2.75) is 24.8 Å². The number of methoxy groups -OCH3 is 1. The van der Waals surface area contributed by atoms with Crippen LogP contribution in [0.3, 0.4) is 0 Å². The SMILES string of the molecule is COC(=O)C(O)c1cc(SC)cc(C)c1C. The third-order valence-electron chi connectivity index (χ3n) is 2.64. The zero-order valence-corrected chi connectivity index (χ0v) is 10.7. The highest BCUT2D eigenvalue weighted by atomic mass is 32.2. The fraction of sp³-hybridized carbons (Fsp3) is 0.417. The highest BCUT2D eigenvalue weighted by molar-refractivity contribution is 7.98. The first kappa shape index (κ1) is 13.1. The Bertz CT molecular complexity index is 401. The molecule has 0 aliphatic heterocycles. The van der Waals surface area contributed by atoms with Crippen LogP contribution in [0.5, 0.6) is 0 Å². The average molecular weight is 240 g/mol. The summed E-state index contributed by atoms with van der Waals surface area (Å²) in [5.41, 5.74) is 2.61. The molecule has 0 heterocycles. The molecular formula is C12H16O3S. The second-order valence-electron chi connectivity index (χ2n) is 3.58. The van der Waals surface area contributed by atoms with E-state index in [9.17, 15) is 9.90 Å². The summed E-state index contributed by atoms with van der Waals surface area (Å²) in [5.74, 6) is -0.624. The minimum atomic E-state index is -1.20. The molecule has 88 valence electrons. The van der Waals surface area contributed by atoms with Crippen molar-refractivity contribution in [2.24, 2.45) is 0 Å². The first-order chi connectivity index (χ1) is 7.51. The Labute approximate surface area is 99.8 Å². The Balaban J connectivity index is 3.21. The van der Waals surface area contributed by atoms with Crippen molar-refractivity contribution in [3.63, 3.8) is 0 Å². The van der Waals surface area contributed by atoms with Crippen LogP contribution in [0.1, 0.15) is 22.8 Å². The molecule has 16 heavy (non-hydrogen) atoms. The van der Waals surface area contributed by atoms with Crippen molar-refractivity contribution >= 4 is 17.7 Å². The molecule has 0 aromatic heterocycles. The highest BCUT2D eigenvalue weighted by Crippen LogP contribution is 2.27. The summed E-state index contributed by atoms with van der Waals surface area (Å²) in [6, 6.07) is 3.86.